The van der Waals surface area contributed by atoms with E-state index < -0.39 is 18.0 Å². The molecule has 25 heavy (non-hydrogen) atoms. The zero-order valence-corrected chi connectivity index (χ0v) is 12.9. The number of tetrazole rings is 1. The highest BCUT2D eigenvalue weighted by molar-refractivity contribution is 5.90. The van der Waals surface area contributed by atoms with Crippen molar-refractivity contribution in [3.8, 4) is 16.8 Å². The number of aryl methyl sites for hydroxylation is 1. The van der Waals surface area contributed by atoms with Crippen molar-refractivity contribution in [2.75, 3.05) is 0 Å². The summed E-state index contributed by atoms with van der Waals surface area (Å²) in [4.78, 5) is 11.4. The van der Waals surface area contributed by atoms with E-state index in [0.29, 0.717) is 15.8 Å². The van der Waals surface area contributed by atoms with Gasteiger partial charge in [0.05, 0.1) is 5.56 Å². The quantitative estimate of drug-likeness (QED) is 0.713. The number of aromatic amines is 1. The molecule has 0 bridgehead atoms. The van der Waals surface area contributed by atoms with Crippen LogP contribution in [-0.4, -0.2) is 26.6 Å². The summed E-state index contributed by atoms with van der Waals surface area (Å²) in [6, 6.07) is 11.1. The van der Waals surface area contributed by atoms with E-state index in [0.717, 1.165) is 11.6 Å². The smallest absolute Gasteiger partial charge is 0.478 e. The second-order valence-corrected chi connectivity index (χ2v) is 5.40. The Morgan fingerprint density at radius 1 is 1.12 bits per heavy atom. The summed E-state index contributed by atoms with van der Waals surface area (Å²) in [7, 11) is 0. The lowest BCUT2D eigenvalue weighted by atomic mass is 10.0. The van der Waals surface area contributed by atoms with Gasteiger partial charge < -0.3 is 5.11 Å². The maximum absolute atomic E-state index is 13.0. The van der Waals surface area contributed by atoms with E-state index >= 15 is 0 Å². The zero-order chi connectivity index (χ0) is 18.2. The topological polar surface area (TPSA) is 82.8 Å². The van der Waals surface area contributed by atoms with Gasteiger partial charge in [-0.25, -0.2) is 4.79 Å². The standard InChI is InChI=1S/C16H11F3N4O2/c1-9-2-4-10(5-3-9)11-6-12(14(24)25)8-13(7-11)23-15(16(17,18)19)20-21-22-23/h2-8H,1H3,(H,24,25)/p+1. The van der Waals surface area contributed by atoms with Crippen LogP contribution in [0.5, 0.6) is 0 Å². The maximum atomic E-state index is 13.0. The van der Waals surface area contributed by atoms with Crippen LogP contribution in [0.25, 0.3) is 16.8 Å². The maximum Gasteiger partial charge on any atom is 0.488 e. The lowest BCUT2D eigenvalue weighted by Crippen LogP contribution is -2.41. The van der Waals surface area contributed by atoms with Gasteiger partial charge in [0.25, 0.3) is 0 Å². The summed E-state index contributed by atoms with van der Waals surface area (Å²) < 4.78 is 39.7. The average molecular weight is 349 g/mol. The number of rotatable bonds is 3. The number of hydrogen-bond donors (Lipinski definition) is 2. The number of nitrogens with one attached hydrogen (secondary N) is 1. The van der Waals surface area contributed by atoms with Crippen molar-refractivity contribution in [3.05, 3.63) is 59.4 Å². The summed E-state index contributed by atoms with van der Waals surface area (Å²) in [5.41, 5.74) is 1.96. The molecule has 2 aromatic carbocycles. The van der Waals surface area contributed by atoms with E-state index in [1.54, 1.807) is 12.1 Å². The Labute approximate surface area is 139 Å². The number of benzene rings is 2. The van der Waals surface area contributed by atoms with Crippen LogP contribution in [0.2, 0.25) is 0 Å². The molecule has 0 aliphatic heterocycles. The highest BCUT2D eigenvalue weighted by Crippen LogP contribution is 2.27. The fraction of sp³-hybridized carbons (Fsp3) is 0.125. The second-order valence-electron chi connectivity index (χ2n) is 5.40. The molecular weight excluding hydrogens is 337 g/mol. The molecule has 128 valence electrons. The van der Waals surface area contributed by atoms with Crippen molar-refractivity contribution in [2.45, 2.75) is 13.1 Å². The number of alkyl halides is 3. The van der Waals surface area contributed by atoms with Crippen LogP contribution in [0.4, 0.5) is 13.2 Å². The second kappa shape index (κ2) is 6.00. The Morgan fingerprint density at radius 2 is 1.80 bits per heavy atom. The number of nitrogens with zero attached hydrogens (tertiary/aromatic N) is 3. The van der Waals surface area contributed by atoms with E-state index in [-0.39, 0.29) is 11.3 Å². The molecule has 9 heteroatoms. The molecule has 0 unspecified atom stereocenters. The van der Waals surface area contributed by atoms with Gasteiger partial charge in [-0.05, 0) is 36.2 Å². The van der Waals surface area contributed by atoms with E-state index in [4.69, 9.17) is 0 Å². The molecule has 0 atom stereocenters. The third kappa shape index (κ3) is 3.35. The SMILES string of the molecule is Cc1ccc(-c2cc(C(=O)O)cc(-[n+]3[nH]nnc3C(F)(F)F)c2)cc1. The van der Waals surface area contributed by atoms with Crippen molar-refractivity contribution >= 4 is 5.97 Å². The summed E-state index contributed by atoms with van der Waals surface area (Å²) in [5.74, 6) is -2.53. The average Bonchev–Trinajstić information content (AvgIpc) is 3.05. The largest absolute Gasteiger partial charge is 0.488 e. The predicted octanol–water partition coefficient (Wildman–Crippen LogP) is 2.77. The summed E-state index contributed by atoms with van der Waals surface area (Å²) >= 11 is 0. The van der Waals surface area contributed by atoms with E-state index in [1.165, 1.54) is 12.1 Å². The summed E-state index contributed by atoms with van der Waals surface area (Å²) in [6.45, 7) is 1.89. The third-order valence-corrected chi connectivity index (χ3v) is 3.56. The van der Waals surface area contributed by atoms with Crippen LogP contribution in [0.15, 0.2) is 42.5 Å². The molecule has 0 saturated carbocycles. The van der Waals surface area contributed by atoms with Crippen LogP contribution in [0, 0.1) is 6.92 Å². The first-order valence-corrected chi connectivity index (χ1v) is 7.12. The van der Waals surface area contributed by atoms with Crippen molar-refractivity contribution in [1.82, 2.24) is 15.5 Å². The number of halogens is 3. The summed E-state index contributed by atoms with van der Waals surface area (Å²) in [6.07, 6.45) is -4.74. The highest BCUT2D eigenvalue weighted by Gasteiger charge is 2.45. The predicted molar refractivity (Wildman–Crippen MR) is 80.0 cm³/mol. The van der Waals surface area contributed by atoms with Gasteiger partial charge in [0.1, 0.15) is 10.8 Å². The van der Waals surface area contributed by atoms with Gasteiger partial charge in [-0.15, -0.1) is 4.68 Å². The van der Waals surface area contributed by atoms with Crippen molar-refractivity contribution < 1.29 is 27.8 Å². The zero-order valence-electron chi connectivity index (χ0n) is 12.9. The number of hydrogen-bond acceptors (Lipinski definition) is 3. The molecule has 0 radical (unpaired) electrons. The number of carboxylic acids is 1. The molecule has 0 spiro atoms. The van der Waals surface area contributed by atoms with Gasteiger partial charge in [-0.1, -0.05) is 35.0 Å². The Kier molecular flexibility index (Phi) is 3.99. The third-order valence-electron chi connectivity index (χ3n) is 3.56. The molecule has 6 nitrogen and oxygen atoms in total. The van der Waals surface area contributed by atoms with E-state index in [2.05, 4.69) is 15.5 Å². The summed E-state index contributed by atoms with van der Waals surface area (Å²) in [5, 5.41) is 17.6. The molecule has 0 saturated heterocycles. The van der Waals surface area contributed by atoms with Crippen LogP contribution in [-0.2, 0) is 6.18 Å². The molecule has 1 aromatic heterocycles. The van der Waals surface area contributed by atoms with Gasteiger partial charge in [0, 0.05) is 0 Å². The first-order valence-electron chi connectivity index (χ1n) is 7.12. The van der Waals surface area contributed by atoms with Gasteiger partial charge in [-0.3, -0.25) is 0 Å². The number of aromatic nitrogens is 4. The molecule has 0 aliphatic carbocycles. The van der Waals surface area contributed by atoms with Crippen molar-refractivity contribution in [2.24, 2.45) is 0 Å². The van der Waals surface area contributed by atoms with Gasteiger partial charge in [-0.2, -0.15) is 13.2 Å². The molecule has 2 N–H and O–H groups in total. The molecule has 3 rings (SSSR count). The molecule has 3 aromatic rings. The van der Waals surface area contributed by atoms with Gasteiger partial charge in [0.15, 0.2) is 5.21 Å². The number of carboxylic acid groups (broad SMARTS) is 1. The van der Waals surface area contributed by atoms with Crippen LogP contribution < -0.4 is 4.68 Å². The van der Waals surface area contributed by atoms with Gasteiger partial charge >= 0.3 is 18.0 Å². The normalized spacial score (nSPS) is 11.5. The molecule has 0 amide bonds. The number of H-pyrrole nitrogens is 1. The molecular formula is C16H12F3N4O2+. The minimum Gasteiger partial charge on any atom is -0.478 e. The minimum atomic E-state index is -4.74. The van der Waals surface area contributed by atoms with Crippen LogP contribution in [0.1, 0.15) is 21.7 Å². The number of aromatic carboxylic acids is 1. The molecule has 0 fully saturated rings. The number of carbonyl (C=O) groups is 1. The van der Waals surface area contributed by atoms with Crippen LogP contribution in [0.3, 0.4) is 0 Å². The lowest BCUT2D eigenvalue weighted by molar-refractivity contribution is -0.680. The Hall–Kier alpha value is -3.23. The van der Waals surface area contributed by atoms with E-state index in [1.807, 2.05) is 19.1 Å². The molecule has 0 aliphatic rings. The van der Waals surface area contributed by atoms with Crippen molar-refractivity contribution in [3.63, 3.8) is 0 Å². The Balaban J connectivity index is 2.20. The fourth-order valence-electron chi connectivity index (χ4n) is 2.35. The Morgan fingerprint density at radius 3 is 2.40 bits per heavy atom. The Bertz CT molecular complexity index is 933. The van der Waals surface area contributed by atoms with Crippen LogP contribution >= 0.6 is 0 Å². The first-order chi connectivity index (χ1) is 11.8. The lowest BCUT2D eigenvalue weighted by Gasteiger charge is -2.08. The van der Waals surface area contributed by atoms with E-state index in [9.17, 15) is 23.1 Å². The van der Waals surface area contributed by atoms with Crippen molar-refractivity contribution in [1.29, 1.82) is 0 Å². The fourth-order valence-corrected chi connectivity index (χ4v) is 2.35. The monoisotopic (exact) mass is 349 g/mol. The minimum absolute atomic E-state index is 0.0344. The highest BCUT2D eigenvalue weighted by atomic mass is 19.4. The molecule has 1 heterocycles. The first kappa shape index (κ1) is 16.6. The van der Waals surface area contributed by atoms with Gasteiger partial charge in [0.2, 0.25) is 0 Å².